The molecule has 122 valence electrons. The van der Waals surface area contributed by atoms with Crippen molar-refractivity contribution in [3.05, 3.63) is 36.3 Å². The third-order valence-electron chi connectivity index (χ3n) is 5.39. The van der Waals surface area contributed by atoms with Crippen LogP contribution in [0, 0.1) is 6.92 Å². The zero-order chi connectivity index (χ0) is 15.6. The molecular formula is C18H25N5. The maximum absolute atomic E-state index is 4.92. The minimum absolute atomic E-state index is 0.439. The molecule has 0 aromatic carbocycles. The standard InChI is InChI=1S/C18H25N5/c1-14-20-9-11-22(14)18-13-19-12-16(21-18)17-8-5-10-23(17)15-6-3-2-4-7-15/h9,11-13,15,17H,2-8,10H2,1H3/t17-/m1/s1. The quantitative estimate of drug-likeness (QED) is 0.871. The first-order valence-electron chi connectivity index (χ1n) is 8.91. The molecule has 3 heterocycles. The lowest BCUT2D eigenvalue weighted by Crippen LogP contribution is -2.36. The molecule has 0 amide bonds. The van der Waals surface area contributed by atoms with E-state index in [-0.39, 0.29) is 0 Å². The van der Waals surface area contributed by atoms with Crippen molar-refractivity contribution in [2.75, 3.05) is 6.54 Å². The zero-order valence-corrected chi connectivity index (χ0v) is 13.9. The van der Waals surface area contributed by atoms with Crippen molar-refractivity contribution in [1.82, 2.24) is 24.4 Å². The van der Waals surface area contributed by atoms with Gasteiger partial charge in [-0.15, -0.1) is 0 Å². The molecular weight excluding hydrogens is 286 g/mol. The summed E-state index contributed by atoms with van der Waals surface area (Å²) in [6.45, 7) is 3.21. The van der Waals surface area contributed by atoms with E-state index in [0.717, 1.165) is 23.4 Å². The maximum atomic E-state index is 4.92. The van der Waals surface area contributed by atoms with Gasteiger partial charge in [0.2, 0.25) is 0 Å². The van der Waals surface area contributed by atoms with Gasteiger partial charge in [-0.3, -0.25) is 14.5 Å². The molecule has 0 spiro atoms. The number of likely N-dealkylation sites (tertiary alicyclic amines) is 1. The first-order chi connectivity index (χ1) is 11.3. The summed E-state index contributed by atoms with van der Waals surface area (Å²) in [6, 6.07) is 1.19. The van der Waals surface area contributed by atoms with E-state index >= 15 is 0 Å². The number of hydrogen-bond donors (Lipinski definition) is 0. The minimum Gasteiger partial charge on any atom is -0.292 e. The Bertz CT molecular complexity index is 659. The Morgan fingerprint density at radius 2 is 1.91 bits per heavy atom. The lowest BCUT2D eigenvalue weighted by Gasteiger charge is -2.35. The third kappa shape index (κ3) is 2.90. The predicted octanol–water partition coefficient (Wildman–Crippen LogP) is 3.44. The van der Waals surface area contributed by atoms with E-state index in [0.29, 0.717) is 6.04 Å². The van der Waals surface area contributed by atoms with Crippen molar-refractivity contribution >= 4 is 0 Å². The number of hydrogen-bond acceptors (Lipinski definition) is 4. The largest absolute Gasteiger partial charge is 0.292 e. The molecule has 1 saturated heterocycles. The molecule has 5 nitrogen and oxygen atoms in total. The molecule has 0 unspecified atom stereocenters. The third-order valence-corrected chi connectivity index (χ3v) is 5.39. The SMILES string of the molecule is Cc1nccn1-c1cncc([C@H]2CCCN2C2CCCCC2)n1. The first kappa shape index (κ1) is 14.8. The van der Waals surface area contributed by atoms with Gasteiger partial charge in [0, 0.05) is 18.4 Å². The summed E-state index contributed by atoms with van der Waals surface area (Å²) >= 11 is 0. The van der Waals surface area contributed by atoms with Crippen LogP contribution in [0.5, 0.6) is 0 Å². The fourth-order valence-corrected chi connectivity index (χ4v) is 4.22. The summed E-state index contributed by atoms with van der Waals surface area (Å²) in [5, 5.41) is 0. The van der Waals surface area contributed by atoms with Gasteiger partial charge in [-0.2, -0.15) is 0 Å². The Labute approximate surface area is 137 Å². The molecule has 4 rings (SSSR count). The van der Waals surface area contributed by atoms with Crippen LogP contribution in [0.4, 0.5) is 0 Å². The molecule has 2 aromatic heterocycles. The molecule has 5 heteroatoms. The van der Waals surface area contributed by atoms with Gasteiger partial charge in [0.05, 0.1) is 24.1 Å². The Morgan fingerprint density at radius 3 is 2.70 bits per heavy atom. The summed E-state index contributed by atoms with van der Waals surface area (Å²) in [6.07, 6.45) is 16.9. The first-order valence-corrected chi connectivity index (χ1v) is 8.91. The van der Waals surface area contributed by atoms with Crippen molar-refractivity contribution in [1.29, 1.82) is 0 Å². The van der Waals surface area contributed by atoms with E-state index in [1.54, 1.807) is 0 Å². The fourth-order valence-electron chi connectivity index (χ4n) is 4.22. The van der Waals surface area contributed by atoms with Crippen LogP contribution >= 0.6 is 0 Å². The molecule has 0 bridgehead atoms. The summed E-state index contributed by atoms with van der Waals surface area (Å²) in [5.74, 6) is 1.83. The Morgan fingerprint density at radius 1 is 1.04 bits per heavy atom. The highest BCUT2D eigenvalue weighted by Gasteiger charge is 2.33. The van der Waals surface area contributed by atoms with Gasteiger partial charge in [0.15, 0.2) is 5.82 Å². The maximum Gasteiger partial charge on any atom is 0.156 e. The molecule has 1 aliphatic heterocycles. The average molecular weight is 311 g/mol. The summed E-state index contributed by atoms with van der Waals surface area (Å²) in [7, 11) is 0. The molecule has 2 fully saturated rings. The van der Waals surface area contributed by atoms with Gasteiger partial charge in [0.25, 0.3) is 0 Å². The van der Waals surface area contributed by atoms with Crippen molar-refractivity contribution in [2.24, 2.45) is 0 Å². The van der Waals surface area contributed by atoms with Crippen LogP contribution in [0.25, 0.3) is 5.82 Å². The normalized spacial score (nSPS) is 23.4. The summed E-state index contributed by atoms with van der Waals surface area (Å²) in [5.41, 5.74) is 1.12. The van der Waals surface area contributed by atoms with Gasteiger partial charge in [-0.1, -0.05) is 19.3 Å². The lowest BCUT2D eigenvalue weighted by molar-refractivity contribution is 0.140. The zero-order valence-electron chi connectivity index (χ0n) is 13.9. The lowest BCUT2D eigenvalue weighted by atomic mass is 9.93. The van der Waals surface area contributed by atoms with Gasteiger partial charge in [0.1, 0.15) is 5.82 Å². The molecule has 2 aliphatic rings. The van der Waals surface area contributed by atoms with Crippen molar-refractivity contribution in [3.8, 4) is 5.82 Å². The number of aryl methyl sites for hydroxylation is 1. The summed E-state index contributed by atoms with van der Waals surface area (Å²) in [4.78, 5) is 16.4. The van der Waals surface area contributed by atoms with Gasteiger partial charge in [-0.25, -0.2) is 9.97 Å². The van der Waals surface area contributed by atoms with Crippen LogP contribution in [-0.4, -0.2) is 37.0 Å². The fraction of sp³-hybridized carbons (Fsp3) is 0.611. The number of imidazole rings is 1. The monoisotopic (exact) mass is 311 g/mol. The van der Waals surface area contributed by atoms with E-state index in [4.69, 9.17) is 4.98 Å². The van der Waals surface area contributed by atoms with Crippen LogP contribution in [0.2, 0.25) is 0 Å². The second-order valence-corrected chi connectivity index (χ2v) is 6.83. The van der Waals surface area contributed by atoms with E-state index in [1.807, 2.05) is 36.3 Å². The Hall–Kier alpha value is -1.75. The summed E-state index contributed by atoms with van der Waals surface area (Å²) < 4.78 is 2.01. The second kappa shape index (κ2) is 6.40. The topological polar surface area (TPSA) is 46.8 Å². The van der Waals surface area contributed by atoms with Crippen molar-refractivity contribution in [2.45, 2.75) is 64.0 Å². The van der Waals surface area contributed by atoms with Gasteiger partial charge < -0.3 is 0 Å². The van der Waals surface area contributed by atoms with Crippen LogP contribution in [0.15, 0.2) is 24.8 Å². The van der Waals surface area contributed by atoms with Crippen LogP contribution in [-0.2, 0) is 0 Å². The van der Waals surface area contributed by atoms with Gasteiger partial charge >= 0.3 is 0 Å². The van der Waals surface area contributed by atoms with Gasteiger partial charge in [-0.05, 0) is 39.2 Å². The minimum atomic E-state index is 0.439. The Balaban J connectivity index is 1.60. The highest BCUT2D eigenvalue weighted by molar-refractivity contribution is 5.23. The highest BCUT2D eigenvalue weighted by Crippen LogP contribution is 2.36. The van der Waals surface area contributed by atoms with E-state index in [2.05, 4.69) is 14.9 Å². The smallest absolute Gasteiger partial charge is 0.156 e. The Kier molecular flexibility index (Phi) is 4.12. The molecule has 1 aliphatic carbocycles. The van der Waals surface area contributed by atoms with Crippen LogP contribution in [0.1, 0.15) is 62.5 Å². The predicted molar refractivity (Wildman–Crippen MR) is 89.4 cm³/mol. The van der Waals surface area contributed by atoms with E-state index in [1.165, 1.54) is 51.5 Å². The van der Waals surface area contributed by atoms with Crippen LogP contribution < -0.4 is 0 Å². The second-order valence-electron chi connectivity index (χ2n) is 6.83. The average Bonchev–Trinajstić information content (AvgIpc) is 3.25. The number of rotatable bonds is 3. The molecule has 0 N–H and O–H groups in total. The molecule has 2 aromatic rings. The molecule has 1 atom stereocenters. The number of nitrogens with zero attached hydrogens (tertiary/aromatic N) is 5. The molecule has 23 heavy (non-hydrogen) atoms. The van der Waals surface area contributed by atoms with Crippen molar-refractivity contribution < 1.29 is 0 Å². The van der Waals surface area contributed by atoms with E-state index in [9.17, 15) is 0 Å². The number of aromatic nitrogens is 4. The molecule has 0 radical (unpaired) electrons. The molecule has 1 saturated carbocycles. The van der Waals surface area contributed by atoms with Crippen LogP contribution in [0.3, 0.4) is 0 Å². The van der Waals surface area contributed by atoms with E-state index < -0.39 is 0 Å². The van der Waals surface area contributed by atoms with Crippen molar-refractivity contribution in [3.63, 3.8) is 0 Å². The highest BCUT2D eigenvalue weighted by atomic mass is 15.2.